The highest BCUT2D eigenvalue weighted by atomic mass is 32.1. The van der Waals surface area contributed by atoms with Crippen molar-refractivity contribution in [2.45, 2.75) is 38.0 Å². The Kier molecular flexibility index (Phi) is 5.84. The van der Waals surface area contributed by atoms with Gasteiger partial charge >= 0.3 is 5.69 Å². The third-order valence-electron chi connectivity index (χ3n) is 4.65. The summed E-state index contributed by atoms with van der Waals surface area (Å²) in [6.07, 6.45) is 7.17. The van der Waals surface area contributed by atoms with Gasteiger partial charge in [0.25, 0.3) is 0 Å². The lowest BCUT2D eigenvalue weighted by Crippen LogP contribution is -2.10. The Labute approximate surface area is 161 Å². The molecule has 0 unspecified atom stereocenters. The van der Waals surface area contributed by atoms with Gasteiger partial charge in [0, 0.05) is 17.5 Å². The first-order valence-electron chi connectivity index (χ1n) is 8.67. The van der Waals surface area contributed by atoms with E-state index in [1.165, 1.54) is 32.9 Å². The van der Waals surface area contributed by atoms with Gasteiger partial charge in [-0.3, -0.25) is 15.2 Å². The van der Waals surface area contributed by atoms with Gasteiger partial charge in [-0.05, 0) is 31.1 Å². The van der Waals surface area contributed by atoms with Crippen molar-refractivity contribution in [3.63, 3.8) is 0 Å². The van der Waals surface area contributed by atoms with Gasteiger partial charge in [0.05, 0.1) is 25.4 Å². The molecule has 144 valence electrons. The Morgan fingerprint density at radius 2 is 2.07 bits per heavy atom. The predicted octanol–water partition coefficient (Wildman–Crippen LogP) is 3.80. The fraction of sp³-hybridized carbons (Fsp3) is 0.471. The zero-order valence-corrected chi connectivity index (χ0v) is 16.0. The number of rotatable bonds is 6. The van der Waals surface area contributed by atoms with Gasteiger partial charge in [0.1, 0.15) is 0 Å². The highest BCUT2D eigenvalue weighted by Crippen LogP contribution is 2.37. The lowest BCUT2D eigenvalue weighted by molar-refractivity contribution is -0.385. The summed E-state index contributed by atoms with van der Waals surface area (Å²) in [4.78, 5) is 10.8. The average Bonchev–Trinajstić information content (AvgIpc) is 3.06. The molecule has 1 aliphatic carbocycles. The highest BCUT2D eigenvalue weighted by Gasteiger charge is 2.22. The summed E-state index contributed by atoms with van der Waals surface area (Å²) in [6.45, 7) is 0. The number of nitrogens with zero attached hydrogens (tertiary/aromatic N) is 4. The summed E-state index contributed by atoms with van der Waals surface area (Å²) in [6, 6.07) is 3.01. The van der Waals surface area contributed by atoms with Crippen molar-refractivity contribution < 1.29 is 14.4 Å². The molecule has 1 aromatic heterocycles. The van der Waals surface area contributed by atoms with Crippen LogP contribution >= 0.6 is 12.2 Å². The number of aromatic amines is 1. The van der Waals surface area contributed by atoms with Crippen LogP contribution < -0.4 is 9.47 Å². The lowest BCUT2D eigenvalue weighted by Gasteiger charge is -2.19. The molecule has 1 aliphatic rings. The topological polar surface area (TPSA) is 108 Å². The van der Waals surface area contributed by atoms with Gasteiger partial charge in [-0.2, -0.15) is 14.9 Å². The molecule has 1 N–H and O–H groups in total. The van der Waals surface area contributed by atoms with Crippen LogP contribution in [0.15, 0.2) is 17.2 Å². The van der Waals surface area contributed by atoms with E-state index in [0.29, 0.717) is 16.3 Å². The number of benzene rings is 1. The summed E-state index contributed by atoms with van der Waals surface area (Å²) in [5.74, 6) is 1.44. The van der Waals surface area contributed by atoms with E-state index in [1.807, 2.05) is 0 Å². The van der Waals surface area contributed by atoms with E-state index in [9.17, 15) is 10.1 Å². The highest BCUT2D eigenvalue weighted by molar-refractivity contribution is 7.71. The number of nitrogens with one attached hydrogen (secondary N) is 1. The molecule has 0 radical (unpaired) electrons. The molecular formula is C17H21N5O4S. The Balaban J connectivity index is 1.97. The van der Waals surface area contributed by atoms with E-state index in [0.717, 1.165) is 31.5 Å². The molecule has 1 saturated carbocycles. The molecule has 0 atom stereocenters. The molecule has 0 amide bonds. The number of hydrogen-bond acceptors (Lipinski definition) is 7. The maximum Gasteiger partial charge on any atom is 0.315 e. The number of H-pyrrole nitrogens is 1. The van der Waals surface area contributed by atoms with E-state index in [2.05, 4.69) is 15.3 Å². The van der Waals surface area contributed by atoms with Gasteiger partial charge < -0.3 is 9.47 Å². The quantitative estimate of drug-likeness (QED) is 0.347. The van der Waals surface area contributed by atoms with Crippen LogP contribution in [0.25, 0.3) is 0 Å². The van der Waals surface area contributed by atoms with E-state index in [1.54, 1.807) is 10.7 Å². The third kappa shape index (κ3) is 4.00. The molecule has 0 spiro atoms. The van der Waals surface area contributed by atoms with Crippen LogP contribution in [0.3, 0.4) is 0 Å². The Hall–Kier alpha value is -2.75. The summed E-state index contributed by atoms with van der Waals surface area (Å²) in [7, 11) is 2.79. The molecule has 0 saturated heterocycles. The zero-order valence-electron chi connectivity index (χ0n) is 15.2. The molecule has 27 heavy (non-hydrogen) atoms. The Bertz CT molecular complexity index is 915. The first-order chi connectivity index (χ1) is 13.0. The average molecular weight is 391 g/mol. The van der Waals surface area contributed by atoms with Gasteiger partial charge in [0.15, 0.2) is 11.6 Å². The van der Waals surface area contributed by atoms with Crippen molar-refractivity contribution in [2.75, 3.05) is 14.2 Å². The van der Waals surface area contributed by atoms with Crippen LogP contribution in [0.5, 0.6) is 11.5 Å². The van der Waals surface area contributed by atoms with E-state index < -0.39 is 4.92 Å². The van der Waals surface area contributed by atoms with Crippen molar-refractivity contribution in [1.29, 1.82) is 0 Å². The smallest absolute Gasteiger partial charge is 0.315 e. The Morgan fingerprint density at radius 3 is 2.70 bits per heavy atom. The molecule has 0 aliphatic heterocycles. The number of aromatic nitrogens is 3. The molecule has 0 bridgehead atoms. The fourth-order valence-electron chi connectivity index (χ4n) is 3.34. The van der Waals surface area contributed by atoms with Crippen molar-refractivity contribution in [3.05, 3.63) is 38.4 Å². The fourth-order valence-corrected chi connectivity index (χ4v) is 3.53. The Morgan fingerprint density at radius 1 is 1.33 bits per heavy atom. The van der Waals surface area contributed by atoms with Crippen LogP contribution in [0.4, 0.5) is 5.69 Å². The minimum Gasteiger partial charge on any atom is -0.493 e. The first-order valence-corrected chi connectivity index (χ1v) is 9.08. The monoisotopic (exact) mass is 391 g/mol. The van der Waals surface area contributed by atoms with Gasteiger partial charge in [-0.15, -0.1) is 0 Å². The summed E-state index contributed by atoms with van der Waals surface area (Å²) in [5.41, 5.74) is 0.304. The van der Waals surface area contributed by atoms with Crippen LogP contribution in [0, 0.1) is 14.9 Å². The number of nitro benzene ring substituents is 1. The maximum absolute atomic E-state index is 11.3. The normalized spacial score (nSPS) is 15.2. The van der Waals surface area contributed by atoms with Gasteiger partial charge in [-0.25, -0.2) is 0 Å². The van der Waals surface area contributed by atoms with Crippen LogP contribution in [-0.4, -0.2) is 40.2 Å². The van der Waals surface area contributed by atoms with Crippen molar-refractivity contribution in [3.8, 4) is 11.5 Å². The molecule has 3 rings (SSSR count). The summed E-state index contributed by atoms with van der Waals surface area (Å²) >= 11 is 5.29. The second kappa shape index (κ2) is 8.30. The first kappa shape index (κ1) is 19.0. The largest absolute Gasteiger partial charge is 0.493 e. The number of hydrogen-bond donors (Lipinski definition) is 1. The summed E-state index contributed by atoms with van der Waals surface area (Å²) < 4.78 is 12.3. The number of ether oxygens (including phenoxy) is 2. The molecule has 1 aromatic carbocycles. The second-order valence-corrected chi connectivity index (χ2v) is 6.70. The van der Waals surface area contributed by atoms with E-state index >= 15 is 0 Å². The van der Waals surface area contributed by atoms with Crippen LogP contribution in [0.1, 0.15) is 49.4 Å². The molecule has 10 heteroatoms. The van der Waals surface area contributed by atoms with Crippen LogP contribution in [-0.2, 0) is 0 Å². The summed E-state index contributed by atoms with van der Waals surface area (Å²) in [5, 5.41) is 22.9. The number of methoxy groups -OCH3 is 2. The number of nitro groups is 1. The van der Waals surface area contributed by atoms with Gasteiger partial charge in [-0.1, -0.05) is 19.3 Å². The minimum absolute atomic E-state index is 0.0717. The molecule has 1 fully saturated rings. The lowest BCUT2D eigenvalue weighted by atomic mass is 9.89. The third-order valence-corrected chi connectivity index (χ3v) is 4.91. The predicted molar refractivity (Wildman–Crippen MR) is 102 cm³/mol. The van der Waals surface area contributed by atoms with Crippen molar-refractivity contribution in [1.82, 2.24) is 14.9 Å². The zero-order chi connectivity index (χ0) is 19.4. The molecular weight excluding hydrogens is 370 g/mol. The van der Waals surface area contributed by atoms with E-state index in [4.69, 9.17) is 21.7 Å². The second-order valence-electron chi connectivity index (χ2n) is 6.31. The maximum atomic E-state index is 11.3. The van der Waals surface area contributed by atoms with Crippen molar-refractivity contribution in [2.24, 2.45) is 5.10 Å². The molecule has 1 heterocycles. The SMILES string of the molecule is COc1cc(/C=N\n2c(C3CCCCC3)n[nH]c2=S)cc([N+](=O)[O-])c1OC. The standard InChI is InChI=1S/C17H21N5O4S/c1-25-14-9-11(8-13(22(23)24)15(14)26-2)10-18-21-16(19-20-17(21)27)12-6-4-3-5-7-12/h8-10,12H,3-7H2,1-2H3,(H,20,27)/b18-10-. The minimum atomic E-state index is -0.518. The van der Waals surface area contributed by atoms with Crippen LogP contribution in [0.2, 0.25) is 0 Å². The van der Waals surface area contributed by atoms with Crippen molar-refractivity contribution >= 4 is 24.1 Å². The molecule has 2 aromatic rings. The molecule has 9 nitrogen and oxygen atoms in total. The van der Waals surface area contributed by atoms with Gasteiger partial charge in [0.2, 0.25) is 10.5 Å². The van der Waals surface area contributed by atoms with E-state index in [-0.39, 0.29) is 17.2 Å².